The molecule has 1 amide bonds. The Hall–Kier alpha value is -2.35. The first-order chi connectivity index (χ1) is 10.3. The fraction of sp³-hybridized carbons (Fsp3) is 0.231. The molecule has 0 fully saturated rings. The molecule has 1 aliphatic heterocycles. The predicted molar refractivity (Wildman–Crippen MR) is 78.7 cm³/mol. The molecule has 1 aliphatic rings. The SMILES string of the molecule is O=C(NCCCn1cncn1)S1(c2ccon2)C=CC=C1. The van der Waals surface area contributed by atoms with E-state index in [1.807, 2.05) is 23.0 Å². The van der Waals surface area contributed by atoms with Gasteiger partial charge in [-0.25, -0.2) is 4.98 Å². The summed E-state index contributed by atoms with van der Waals surface area (Å²) in [4.78, 5) is 16.4. The van der Waals surface area contributed by atoms with Crippen LogP contribution in [0.2, 0.25) is 0 Å². The fourth-order valence-corrected chi connectivity index (χ4v) is 4.29. The molecule has 0 bridgehead atoms. The smallest absolute Gasteiger partial charge is 0.274 e. The maximum absolute atomic E-state index is 12.5. The third-order valence-corrected chi connectivity index (χ3v) is 5.90. The number of rotatable bonds is 5. The summed E-state index contributed by atoms with van der Waals surface area (Å²) in [7, 11) is -1.86. The van der Waals surface area contributed by atoms with Crippen LogP contribution in [0.4, 0.5) is 4.79 Å². The van der Waals surface area contributed by atoms with Crippen molar-refractivity contribution in [1.82, 2.24) is 25.2 Å². The maximum atomic E-state index is 12.5. The molecule has 0 radical (unpaired) electrons. The van der Waals surface area contributed by atoms with Crippen LogP contribution in [0, 0.1) is 0 Å². The molecule has 0 saturated heterocycles. The summed E-state index contributed by atoms with van der Waals surface area (Å²) in [5.41, 5.74) is 0. The second kappa shape index (κ2) is 5.96. The van der Waals surface area contributed by atoms with E-state index in [4.69, 9.17) is 4.52 Å². The van der Waals surface area contributed by atoms with Crippen LogP contribution in [0.3, 0.4) is 0 Å². The average Bonchev–Trinajstić information content (AvgIpc) is 3.25. The molecule has 0 aliphatic carbocycles. The molecule has 3 heterocycles. The second-order valence-corrected chi connectivity index (χ2v) is 7.18. The van der Waals surface area contributed by atoms with Crippen LogP contribution in [-0.4, -0.2) is 31.7 Å². The minimum atomic E-state index is -1.86. The summed E-state index contributed by atoms with van der Waals surface area (Å²) in [6.45, 7) is 1.30. The number of hydrogen-bond donors (Lipinski definition) is 1. The number of amides is 1. The van der Waals surface area contributed by atoms with Crippen molar-refractivity contribution in [1.29, 1.82) is 0 Å². The molecule has 0 unspecified atom stereocenters. The first-order valence-corrected chi connectivity index (χ1v) is 8.26. The molecule has 3 rings (SSSR count). The van der Waals surface area contributed by atoms with Gasteiger partial charge in [0.2, 0.25) is 0 Å². The number of aryl methyl sites for hydroxylation is 1. The van der Waals surface area contributed by atoms with Crippen LogP contribution in [0.25, 0.3) is 0 Å². The summed E-state index contributed by atoms with van der Waals surface area (Å²) >= 11 is 0. The lowest BCUT2D eigenvalue weighted by molar-refractivity contribution is 0.259. The zero-order valence-corrected chi connectivity index (χ0v) is 12.1. The highest BCUT2D eigenvalue weighted by Crippen LogP contribution is 2.60. The van der Waals surface area contributed by atoms with E-state index in [9.17, 15) is 4.79 Å². The van der Waals surface area contributed by atoms with Crippen molar-refractivity contribution in [2.75, 3.05) is 6.54 Å². The average molecular weight is 305 g/mol. The molecule has 2 aromatic heterocycles. The van der Waals surface area contributed by atoms with Gasteiger partial charge in [0.15, 0.2) is 0 Å². The van der Waals surface area contributed by atoms with Gasteiger partial charge in [0.05, 0.1) is 0 Å². The largest absolute Gasteiger partial charge is 0.364 e. The monoisotopic (exact) mass is 305 g/mol. The van der Waals surface area contributed by atoms with E-state index in [0.29, 0.717) is 11.6 Å². The Morgan fingerprint density at radius 3 is 2.90 bits per heavy atom. The molecule has 0 spiro atoms. The van der Waals surface area contributed by atoms with E-state index in [1.165, 1.54) is 12.6 Å². The maximum Gasteiger partial charge on any atom is 0.274 e. The molecule has 21 heavy (non-hydrogen) atoms. The van der Waals surface area contributed by atoms with Gasteiger partial charge in [-0.1, -0.05) is 27.3 Å². The predicted octanol–water partition coefficient (Wildman–Crippen LogP) is 2.27. The van der Waals surface area contributed by atoms with E-state index < -0.39 is 10.0 Å². The second-order valence-electron chi connectivity index (χ2n) is 4.43. The highest BCUT2D eigenvalue weighted by atomic mass is 32.3. The molecular formula is C13H15N5O2S. The van der Waals surface area contributed by atoms with Crippen LogP contribution in [-0.2, 0) is 6.54 Å². The molecule has 7 nitrogen and oxygen atoms in total. The Bertz CT molecular complexity index is 636. The van der Waals surface area contributed by atoms with E-state index in [1.54, 1.807) is 17.1 Å². The van der Waals surface area contributed by atoms with Crippen molar-refractivity contribution < 1.29 is 9.32 Å². The number of carbonyl (C=O) groups excluding carboxylic acids is 1. The first kappa shape index (κ1) is 13.6. The van der Waals surface area contributed by atoms with Crippen molar-refractivity contribution >= 4 is 15.3 Å². The Labute approximate surface area is 123 Å². The van der Waals surface area contributed by atoms with Gasteiger partial charge in [0.1, 0.15) is 23.9 Å². The number of carbonyl (C=O) groups is 1. The third-order valence-electron chi connectivity index (χ3n) is 3.06. The van der Waals surface area contributed by atoms with Gasteiger partial charge in [-0.3, -0.25) is 9.48 Å². The highest BCUT2D eigenvalue weighted by molar-refractivity contribution is 8.49. The molecule has 8 heteroatoms. The quantitative estimate of drug-likeness (QED) is 0.856. The van der Waals surface area contributed by atoms with Gasteiger partial charge in [-0.15, -0.1) is 0 Å². The van der Waals surface area contributed by atoms with E-state index >= 15 is 0 Å². The summed E-state index contributed by atoms with van der Waals surface area (Å²) in [5, 5.41) is 15.4. The van der Waals surface area contributed by atoms with Crippen LogP contribution in [0.5, 0.6) is 0 Å². The van der Waals surface area contributed by atoms with E-state index in [2.05, 4.69) is 20.6 Å². The third kappa shape index (κ3) is 2.75. The van der Waals surface area contributed by atoms with Gasteiger partial charge in [0.25, 0.3) is 5.24 Å². The van der Waals surface area contributed by atoms with Crippen LogP contribution in [0.1, 0.15) is 6.42 Å². The first-order valence-electron chi connectivity index (χ1n) is 6.50. The zero-order valence-electron chi connectivity index (χ0n) is 11.3. The van der Waals surface area contributed by atoms with Gasteiger partial charge < -0.3 is 9.84 Å². The summed E-state index contributed by atoms with van der Waals surface area (Å²) in [6, 6.07) is 1.74. The molecular weight excluding hydrogens is 290 g/mol. The topological polar surface area (TPSA) is 85.8 Å². The molecule has 0 atom stereocenters. The minimum absolute atomic E-state index is 0.0278. The Morgan fingerprint density at radius 1 is 1.38 bits per heavy atom. The molecule has 110 valence electrons. The Morgan fingerprint density at radius 2 is 2.24 bits per heavy atom. The Balaban J connectivity index is 1.59. The molecule has 0 aromatic carbocycles. The van der Waals surface area contributed by atoms with Crippen molar-refractivity contribution in [3.05, 3.63) is 48.0 Å². The highest BCUT2D eigenvalue weighted by Gasteiger charge is 2.33. The molecule has 0 saturated carbocycles. The van der Waals surface area contributed by atoms with Crippen LogP contribution >= 0.6 is 10.0 Å². The number of aromatic nitrogens is 4. The lowest BCUT2D eigenvalue weighted by Gasteiger charge is -2.26. The van der Waals surface area contributed by atoms with E-state index in [0.717, 1.165) is 13.0 Å². The van der Waals surface area contributed by atoms with Gasteiger partial charge in [0, 0.05) is 19.2 Å². The Kier molecular flexibility index (Phi) is 3.87. The van der Waals surface area contributed by atoms with Gasteiger partial charge in [-0.05, 0) is 17.2 Å². The lowest BCUT2D eigenvalue weighted by atomic mass is 10.4. The lowest BCUT2D eigenvalue weighted by Crippen LogP contribution is -2.27. The molecule has 1 N–H and O–H groups in total. The normalized spacial score (nSPS) is 17.0. The van der Waals surface area contributed by atoms with Gasteiger partial charge in [-0.2, -0.15) is 5.10 Å². The van der Waals surface area contributed by atoms with Gasteiger partial charge >= 0.3 is 0 Å². The summed E-state index contributed by atoms with van der Waals surface area (Å²) in [5.74, 6) is 0. The molecule has 2 aromatic rings. The van der Waals surface area contributed by atoms with E-state index in [-0.39, 0.29) is 5.24 Å². The standard InChI is InChI=1S/C13H15N5O2S/c19-13(15-5-3-6-18-11-14-10-16-18)21(8-1-2-9-21)12-4-7-20-17-12/h1-2,4,7-11H,3,5-6H2,(H,15,19). The number of nitrogens with zero attached hydrogens (tertiary/aromatic N) is 4. The van der Waals surface area contributed by atoms with Crippen LogP contribution in [0.15, 0.2) is 57.5 Å². The number of allylic oxidation sites excluding steroid dienone is 2. The number of hydrogen-bond acceptors (Lipinski definition) is 5. The minimum Gasteiger partial charge on any atom is -0.364 e. The fourth-order valence-electron chi connectivity index (χ4n) is 2.02. The zero-order chi connectivity index (χ0) is 14.5. The van der Waals surface area contributed by atoms with Crippen molar-refractivity contribution in [3.63, 3.8) is 0 Å². The van der Waals surface area contributed by atoms with Crippen LogP contribution < -0.4 is 5.32 Å². The summed E-state index contributed by atoms with van der Waals surface area (Å²) < 4.78 is 6.62. The van der Waals surface area contributed by atoms with Crippen molar-refractivity contribution in [2.24, 2.45) is 0 Å². The summed E-state index contributed by atoms with van der Waals surface area (Å²) in [6.07, 6.45) is 9.18. The van der Waals surface area contributed by atoms with Crippen molar-refractivity contribution in [3.8, 4) is 0 Å². The van der Waals surface area contributed by atoms with Crippen molar-refractivity contribution in [2.45, 2.75) is 18.0 Å². The number of nitrogens with one attached hydrogen (secondary N) is 1.